The molecule has 0 atom stereocenters. The maximum absolute atomic E-state index is 14.0. The van der Waals surface area contributed by atoms with Crippen LogP contribution in [0.3, 0.4) is 0 Å². The summed E-state index contributed by atoms with van der Waals surface area (Å²) < 4.78 is 20.4. The van der Waals surface area contributed by atoms with Crippen molar-refractivity contribution in [1.82, 2.24) is 0 Å². The predicted molar refractivity (Wildman–Crippen MR) is 87.6 cm³/mol. The highest BCUT2D eigenvalue weighted by Crippen LogP contribution is 2.42. The van der Waals surface area contributed by atoms with Crippen LogP contribution in [0.15, 0.2) is 18.2 Å². The van der Waals surface area contributed by atoms with E-state index in [2.05, 4.69) is 41.5 Å². The first-order chi connectivity index (χ1) is 9.77. The fourth-order valence-corrected chi connectivity index (χ4v) is 8.93. The topological polar surface area (TPSA) is 26.3 Å². The first-order valence-corrected chi connectivity index (χ1v) is 9.77. The third-order valence-electron chi connectivity index (χ3n) is 4.46. The van der Waals surface area contributed by atoms with Crippen LogP contribution in [0.25, 0.3) is 0 Å². The molecule has 118 valence electrons. The Balaban J connectivity index is 3.11. The summed E-state index contributed by atoms with van der Waals surface area (Å²) in [5.74, 6) is -0.362. The molecular formula is C17H27FO2Si. The van der Waals surface area contributed by atoms with Crippen molar-refractivity contribution in [2.45, 2.75) is 64.8 Å². The fourth-order valence-electron chi connectivity index (χ4n) is 3.54. The van der Waals surface area contributed by atoms with E-state index >= 15 is 0 Å². The van der Waals surface area contributed by atoms with Gasteiger partial charge < -0.3 is 4.43 Å². The summed E-state index contributed by atoms with van der Waals surface area (Å²) in [5, 5.41) is 0. The Morgan fingerprint density at radius 2 is 1.62 bits per heavy atom. The Kier molecular flexibility index (Phi) is 6.29. The number of carbonyl (C=O) groups is 1. The van der Waals surface area contributed by atoms with E-state index in [4.69, 9.17) is 4.43 Å². The molecule has 0 aliphatic heterocycles. The Hall–Kier alpha value is -1.00. The molecule has 0 heterocycles. The van der Waals surface area contributed by atoms with E-state index in [1.54, 1.807) is 12.1 Å². The second-order valence-electron chi connectivity index (χ2n) is 6.53. The molecule has 0 aromatic heterocycles. The van der Waals surface area contributed by atoms with Crippen molar-refractivity contribution < 1.29 is 13.6 Å². The number of rotatable bonds is 7. The first kappa shape index (κ1) is 18.0. The van der Waals surface area contributed by atoms with E-state index in [-0.39, 0.29) is 12.4 Å². The molecule has 0 saturated carbocycles. The first-order valence-electron chi connectivity index (χ1n) is 7.63. The van der Waals surface area contributed by atoms with Gasteiger partial charge in [0.1, 0.15) is 5.82 Å². The van der Waals surface area contributed by atoms with Crippen LogP contribution in [-0.4, -0.2) is 14.6 Å². The minimum atomic E-state index is -2.05. The predicted octanol–water partition coefficient (Wildman–Crippen LogP) is 5.33. The maximum atomic E-state index is 14.0. The van der Waals surface area contributed by atoms with Gasteiger partial charge >= 0.3 is 0 Å². The van der Waals surface area contributed by atoms with Gasteiger partial charge in [0.25, 0.3) is 0 Å². The molecule has 0 unspecified atom stereocenters. The largest absolute Gasteiger partial charge is 0.412 e. The Labute approximate surface area is 128 Å². The zero-order chi connectivity index (χ0) is 16.2. The van der Waals surface area contributed by atoms with Gasteiger partial charge in [-0.1, -0.05) is 53.7 Å². The molecule has 0 saturated heterocycles. The lowest BCUT2D eigenvalue weighted by molar-refractivity contribution is 0.112. The molecule has 0 aliphatic carbocycles. The SMILES string of the molecule is CC(C)[Si](OCc1c(F)cccc1C=O)(C(C)C)C(C)C. The molecule has 1 aromatic carbocycles. The van der Waals surface area contributed by atoms with Crippen molar-refractivity contribution >= 4 is 14.6 Å². The van der Waals surface area contributed by atoms with Crippen molar-refractivity contribution in [3.05, 3.63) is 35.1 Å². The number of hydrogen-bond acceptors (Lipinski definition) is 2. The van der Waals surface area contributed by atoms with Gasteiger partial charge in [-0.25, -0.2) is 4.39 Å². The van der Waals surface area contributed by atoms with Gasteiger partial charge in [-0.2, -0.15) is 0 Å². The van der Waals surface area contributed by atoms with E-state index in [1.807, 2.05) is 0 Å². The van der Waals surface area contributed by atoms with E-state index < -0.39 is 8.32 Å². The third kappa shape index (κ3) is 3.61. The molecule has 0 bridgehead atoms. The fraction of sp³-hybridized carbons (Fsp3) is 0.588. The van der Waals surface area contributed by atoms with Crippen LogP contribution in [0.4, 0.5) is 4.39 Å². The quantitative estimate of drug-likeness (QED) is 0.502. The molecule has 1 aromatic rings. The smallest absolute Gasteiger partial charge is 0.200 e. The number of benzene rings is 1. The molecule has 0 amide bonds. The summed E-state index contributed by atoms with van der Waals surface area (Å²) in [5.41, 5.74) is 2.07. The Morgan fingerprint density at radius 1 is 1.10 bits per heavy atom. The highest BCUT2D eigenvalue weighted by molar-refractivity contribution is 6.77. The van der Waals surface area contributed by atoms with Gasteiger partial charge in [0.15, 0.2) is 6.29 Å². The minimum Gasteiger partial charge on any atom is -0.412 e. The van der Waals surface area contributed by atoms with Crippen molar-refractivity contribution in [1.29, 1.82) is 0 Å². The second-order valence-corrected chi connectivity index (χ2v) is 12.0. The van der Waals surface area contributed by atoms with Gasteiger partial charge in [0.05, 0.1) is 6.61 Å². The van der Waals surface area contributed by atoms with E-state index in [0.29, 0.717) is 34.0 Å². The summed E-state index contributed by atoms with van der Waals surface area (Å²) in [6.07, 6.45) is 0.700. The minimum absolute atomic E-state index is 0.182. The lowest BCUT2D eigenvalue weighted by Crippen LogP contribution is -2.47. The van der Waals surface area contributed by atoms with Gasteiger partial charge in [0, 0.05) is 11.1 Å². The van der Waals surface area contributed by atoms with Crippen molar-refractivity contribution in [3.63, 3.8) is 0 Å². The Morgan fingerprint density at radius 3 is 2.05 bits per heavy atom. The molecule has 4 heteroatoms. The summed E-state index contributed by atoms with van der Waals surface area (Å²) in [6, 6.07) is 4.58. The lowest BCUT2D eigenvalue weighted by Gasteiger charge is -2.42. The molecule has 2 nitrogen and oxygen atoms in total. The number of carbonyl (C=O) groups excluding carboxylic acids is 1. The third-order valence-corrected chi connectivity index (χ3v) is 10.5. The molecule has 0 fully saturated rings. The van der Waals surface area contributed by atoms with Crippen LogP contribution < -0.4 is 0 Å². The maximum Gasteiger partial charge on any atom is 0.200 e. The molecular weight excluding hydrogens is 283 g/mol. The summed E-state index contributed by atoms with van der Waals surface area (Å²) >= 11 is 0. The number of hydrogen-bond donors (Lipinski definition) is 0. The van der Waals surface area contributed by atoms with Gasteiger partial charge in [-0.15, -0.1) is 0 Å². The van der Waals surface area contributed by atoms with Crippen LogP contribution in [0.5, 0.6) is 0 Å². The lowest BCUT2D eigenvalue weighted by atomic mass is 10.1. The van der Waals surface area contributed by atoms with Crippen LogP contribution >= 0.6 is 0 Å². The zero-order valence-electron chi connectivity index (χ0n) is 13.9. The normalized spacial score (nSPS) is 12.5. The molecule has 0 spiro atoms. The monoisotopic (exact) mass is 310 g/mol. The van der Waals surface area contributed by atoms with Crippen LogP contribution in [0.2, 0.25) is 16.6 Å². The highest BCUT2D eigenvalue weighted by atomic mass is 28.4. The molecule has 0 N–H and O–H groups in total. The van der Waals surface area contributed by atoms with Gasteiger partial charge in [-0.05, 0) is 22.7 Å². The average molecular weight is 310 g/mol. The molecule has 21 heavy (non-hydrogen) atoms. The van der Waals surface area contributed by atoms with E-state index in [0.717, 1.165) is 0 Å². The molecule has 0 aliphatic rings. The standard InChI is InChI=1S/C17H27FO2Si/c1-12(2)21(13(3)4,14(5)6)20-11-16-15(10-19)8-7-9-17(16)18/h7-10,12-14H,11H2,1-6H3. The van der Waals surface area contributed by atoms with Crippen molar-refractivity contribution in [3.8, 4) is 0 Å². The van der Waals surface area contributed by atoms with Crippen LogP contribution in [0, 0.1) is 5.82 Å². The summed E-state index contributed by atoms with van der Waals surface area (Å²) in [7, 11) is -2.05. The van der Waals surface area contributed by atoms with E-state index in [9.17, 15) is 9.18 Å². The van der Waals surface area contributed by atoms with E-state index in [1.165, 1.54) is 6.07 Å². The van der Waals surface area contributed by atoms with Crippen LogP contribution in [0.1, 0.15) is 57.5 Å². The zero-order valence-corrected chi connectivity index (χ0v) is 14.9. The average Bonchev–Trinajstić information content (AvgIpc) is 2.39. The molecule has 1 rings (SSSR count). The summed E-state index contributed by atoms with van der Waals surface area (Å²) in [6.45, 7) is 13.3. The number of aldehydes is 1. The Bertz CT molecular complexity index is 462. The van der Waals surface area contributed by atoms with Crippen LogP contribution in [-0.2, 0) is 11.0 Å². The summed E-state index contributed by atoms with van der Waals surface area (Å²) in [4.78, 5) is 11.1. The van der Waals surface area contributed by atoms with Gasteiger partial charge in [-0.3, -0.25) is 4.79 Å². The number of halogens is 1. The highest BCUT2D eigenvalue weighted by Gasteiger charge is 2.45. The molecule has 0 radical (unpaired) electrons. The van der Waals surface area contributed by atoms with Crippen molar-refractivity contribution in [2.75, 3.05) is 0 Å². The van der Waals surface area contributed by atoms with Crippen molar-refractivity contribution in [2.24, 2.45) is 0 Å². The van der Waals surface area contributed by atoms with Gasteiger partial charge in [0.2, 0.25) is 8.32 Å². The second kappa shape index (κ2) is 7.32.